The number of methoxy groups -OCH3 is 2. The third-order valence-corrected chi connectivity index (χ3v) is 8.66. The van der Waals surface area contributed by atoms with E-state index in [0.29, 0.717) is 49.1 Å². The molecule has 1 aromatic carbocycles. The number of benzene rings is 1. The summed E-state index contributed by atoms with van der Waals surface area (Å²) in [6.07, 6.45) is 3.55. The summed E-state index contributed by atoms with van der Waals surface area (Å²) in [4.78, 5) is 49.2. The molecule has 1 aromatic heterocycles. The van der Waals surface area contributed by atoms with Crippen LogP contribution in [-0.2, 0) is 23.9 Å². The van der Waals surface area contributed by atoms with E-state index in [-0.39, 0.29) is 36.7 Å². The fourth-order valence-corrected chi connectivity index (χ4v) is 5.97. The smallest absolute Gasteiger partial charge is 0.223 e. The van der Waals surface area contributed by atoms with E-state index >= 15 is 0 Å². The maximum Gasteiger partial charge on any atom is 0.223 e. The number of amides is 1. The quantitative estimate of drug-likeness (QED) is 0.213. The van der Waals surface area contributed by atoms with Crippen LogP contribution in [0.5, 0.6) is 11.5 Å². The molecule has 1 aliphatic heterocycles. The molecule has 0 saturated carbocycles. The number of fused-ring (bicyclic) bond motifs is 2. The number of thiophene rings is 1. The summed E-state index contributed by atoms with van der Waals surface area (Å²) in [6.45, 7) is 4.41. The first-order valence-corrected chi connectivity index (χ1v) is 14.9. The number of carbonyl (C=O) groups is 4. The Morgan fingerprint density at radius 1 is 0.907 bits per heavy atom. The van der Waals surface area contributed by atoms with Crippen molar-refractivity contribution in [3.05, 3.63) is 46.4 Å². The SMILES string of the molecule is COc1cc2sc(C(=O)C[C@H](C)C(=O)[O-])cc2cc1OCCCOC1C=C2CN(C(=O)C[C@H](C)C(=O)[O-])CC2=CC1OC. The van der Waals surface area contributed by atoms with E-state index in [9.17, 15) is 29.4 Å². The minimum Gasteiger partial charge on any atom is -0.550 e. The number of carboxylic acid groups (broad SMARTS) is 2. The summed E-state index contributed by atoms with van der Waals surface area (Å²) in [5.41, 5.74) is 1.93. The number of likely N-dealkylation sites (tertiary alicyclic amines) is 1. The van der Waals surface area contributed by atoms with Crippen LogP contribution >= 0.6 is 11.3 Å². The average molecular weight is 614 g/mol. The van der Waals surface area contributed by atoms with Crippen LogP contribution in [0.4, 0.5) is 0 Å². The molecule has 2 unspecified atom stereocenters. The Bertz CT molecular complexity index is 1440. The van der Waals surface area contributed by atoms with Crippen LogP contribution in [0.1, 0.15) is 42.8 Å². The van der Waals surface area contributed by atoms with Crippen molar-refractivity contribution in [2.24, 2.45) is 11.8 Å². The molecule has 1 amide bonds. The topological polar surface area (TPSA) is 155 Å². The summed E-state index contributed by atoms with van der Waals surface area (Å²) in [5, 5.41) is 22.8. The second-order valence-corrected chi connectivity index (χ2v) is 11.9. The van der Waals surface area contributed by atoms with E-state index < -0.39 is 23.8 Å². The van der Waals surface area contributed by atoms with Crippen molar-refractivity contribution in [2.75, 3.05) is 40.5 Å². The molecule has 0 N–H and O–H groups in total. The highest BCUT2D eigenvalue weighted by molar-refractivity contribution is 7.20. The van der Waals surface area contributed by atoms with Crippen LogP contribution in [0, 0.1) is 11.8 Å². The minimum atomic E-state index is -1.26. The molecule has 232 valence electrons. The molecule has 4 rings (SSSR count). The van der Waals surface area contributed by atoms with Crippen LogP contribution in [0.25, 0.3) is 10.1 Å². The summed E-state index contributed by atoms with van der Waals surface area (Å²) in [5.74, 6) is -3.68. The third-order valence-electron chi connectivity index (χ3n) is 7.53. The van der Waals surface area contributed by atoms with Crippen molar-refractivity contribution >= 4 is 45.1 Å². The highest BCUT2D eigenvalue weighted by atomic mass is 32.1. The van der Waals surface area contributed by atoms with Gasteiger partial charge < -0.3 is 43.6 Å². The predicted octanol–water partition coefficient (Wildman–Crippen LogP) is 1.52. The van der Waals surface area contributed by atoms with Gasteiger partial charge in [0.05, 0.1) is 25.2 Å². The molecule has 43 heavy (non-hydrogen) atoms. The fraction of sp³-hybridized carbons (Fsp3) is 0.484. The van der Waals surface area contributed by atoms with Crippen LogP contribution in [0.15, 0.2) is 41.5 Å². The highest BCUT2D eigenvalue weighted by Crippen LogP contribution is 2.37. The molecule has 2 aliphatic rings. The molecule has 11 nitrogen and oxygen atoms in total. The lowest BCUT2D eigenvalue weighted by Crippen LogP contribution is -2.35. The van der Waals surface area contributed by atoms with Gasteiger partial charge in [-0.05, 0) is 40.8 Å². The second kappa shape index (κ2) is 14.2. The van der Waals surface area contributed by atoms with Crippen molar-refractivity contribution in [1.29, 1.82) is 0 Å². The maximum absolute atomic E-state index is 12.6. The zero-order valence-electron chi connectivity index (χ0n) is 24.6. The zero-order chi connectivity index (χ0) is 31.3. The Kier molecular flexibility index (Phi) is 10.6. The van der Waals surface area contributed by atoms with Gasteiger partial charge >= 0.3 is 0 Å². The molecule has 0 bridgehead atoms. The number of carboxylic acids is 2. The van der Waals surface area contributed by atoms with E-state index in [1.165, 1.54) is 32.3 Å². The lowest BCUT2D eigenvalue weighted by atomic mass is 9.96. The largest absolute Gasteiger partial charge is 0.550 e. The van der Waals surface area contributed by atoms with Gasteiger partial charge in [-0.2, -0.15) is 0 Å². The van der Waals surface area contributed by atoms with Crippen molar-refractivity contribution < 1.29 is 48.3 Å². The molecule has 2 heterocycles. The first-order chi connectivity index (χ1) is 20.5. The molecule has 0 radical (unpaired) electrons. The van der Waals surface area contributed by atoms with E-state index in [0.717, 1.165) is 21.2 Å². The van der Waals surface area contributed by atoms with Crippen LogP contribution in [0.3, 0.4) is 0 Å². The number of rotatable bonds is 15. The number of carbonyl (C=O) groups excluding carboxylic acids is 4. The molecule has 1 saturated heterocycles. The summed E-state index contributed by atoms with van der Waals surface area (Å²) >= 11 is 1.27. The van der Waals surface area contributed by atoms with Crippen molar-refractivity contribution in [3.8, 4) is 11.5 Å². The van der Waals surface area contributed by atoms with E-state index in [4.69, 9.17) is 18.9 Å². The predicted molar refractivity (Wildman–Crippen MR) is 154 cm³/mol. The number of nitrogens with zero attached hydrogens (tertiary/aromatic N) is 1. The standard InChI is InChI=1S/C31H37NO10S/c1-17(30(35)36)8-22(33)28-13-19-10-25(24(40-4)14-27(19)43-28)41-6-5-7-42-26-12-21-16-32(15-20(21)11-23(26)39-3)29(34)9-18(2)31(37)38/h10-14,17-18,23,26H,5-9,15-16H2,1-4H3,(H,35,36)(H,37,38)/p-2/t17-,18-,23?,26?/m0/s1. The highest BCUT2D eigenvalue weighted by Gasteiger charge is 2.33. The van der Waals surface area contributed by atoms with Gasteiger partial charge in [0.1, 0.15) is 12.2 Å². The molecule has 12 heteroatoms. The Balaban J connectivity index is 1.31. The molecule has 1 fully saturated rings. The van der Waals surface area contributed by atoms with Crippen LogP contribution < -0.4 is 19.7 Å². The number of ether oxygens (including phenoxy) is 4. The number of aliphatic carboxylic acids is 2. The minimum absolute atomic E-state index is 0.107. The molecular weight excluding hydrogens is 578 g/mol. The van der Waals surface area contributed by atoms with Gasteiger partial charge in [-0.1, -0.05) is 13.8 Å². The lowest BCUT2D eigenvalue weighted by molar-refractivity contribution is -0.312. The van der Waals surface area contributed by atoms with E-state index in [2.05, 4.69) is 0 Å². The Labute approximate surface area is 253 Å². The number of hydrogen-bond acceptors (Lipinski definition) is 11. The van der Waals surface area contributed by atoms with Crippen molar-refractivity contribution in [2.45, 2.75) is 45.3 Å². The van der Waals surface area contributed by atoms with Crippen molar-refractivity contribution in [3.63, 3.8) is 0 Å². The van der Waals surface area contributed by atoms with Gasteiger partial charge in [0.15, 0.2) is 17.3 Å². The molecular formula is C31H35NO10S-2. The number of ketones is 1. The lowest BCUT2D eigenvalue weighted by Gasteiger charge is -2.26. The van der Waals surface area contributed by atoms with Gasteiger partial charge in [0, 0.05) is 74.0 Å². The van der Waals surface area contributed by atoms with Crippen molar-refractivity contribution in [1.82, 2.24) is 4.90 Å². The van der Waals surface area contributed by atoms with Gasteiger partial charge in [-0.15, -0.1) is 11.3 Å². The summed E-state index contributed by atoms with van der Waals surface area (Å²) < 4.78 is 24.0. The molecule has 0 spiro atoms. The number of Topliss-reactive ketones (excluding diaryl/α,β-unsaturated/α-hetero) is 1. The maximum atomic E-state index is 12.6. The fourth-order valence-electron chi connectivity index (χ4n) is 4.95. The summed E-state index contributed by atoms with van der Waals surface area (Å²) in [7, 11) is 3.12. The Morgan fingerprint density at radius 3 is 2.19 bits per heavy atom. The summed E-state index contributed by atoms with van der Waals surface area (Å²) in [6, 6.07) is 5.32. The molecule has 1 aliphatic carbocycles. The van der Waals surface area contributed by atoms with Crippen LogP contribution in [0.2, 0.25) is 0 Å². The molecule has 4 atom stereocenters. The normalized spacial score (nSPS) is 19.3. The first-order valence-electron chi connectivity index (χ1n) is 14.0. The van der Waals surface area contributed by atoms with Gasteiger partial charge in [-0.25, -0.2) is 0 Å². The average Bonchev–Trinajstić information content (AvgIpc) is 3.59. The molecule has 2 aromatic rings. The van der Waals surface area contributed by atoms with Gasteiger partial charge in [0.2, 0.25) is 5.91 Å². The third kappa shape index (κ3) is 7.81. The zero-order valence-corrected chi connectivity index (χ0v) is 25.4. The number of hydrogen-bond donors (Lipinski definition) is 0. The van der Waals surface area contributed by atoms with E-state index in [1.807, 2.05) is 12.2 Å². The second-order valence-electron chi connectivity index (χ2n) is 10.8. The Morgan fingerprint density at radius 2 is 1.56 bits per heavy atom. The Hall–Kier alpha value is -3.74. The van der Waals surface area contributed by atoms with Crippen LogP contribution in [-0.4, -0.2) is 81.3 Å². The van der Waals surface area contributed by atoms with E-state index in [1.54, 1.807) is 30.2 Å². The monoisotopic (exact) mass is 613 g/mol. The van der Waals surface area contributed by atoms with Gasteiger partial charge in [-0.3, -0.25) is 9.59 Å². The van der Waals surface area contributed by atoms with Gasteiger partial charge in [0.25, 0.3) is 0 Å². The first kappa shape index (κ1) is 32.2.